The van der Waals surface area contributed by atoms with Crippen LogP contribution in [0.15, 0.2) is 40.8 Å². The Morgan fingerprint density at radius 1 is 1.17 bits per heavy atom. The van der Waals surface area contributed by atoms with E-state index in [1.165, 1.54) is 4.70 Å². The van der Waals surface area contributed by atoms with Gasteiger partial charge in [0.2, 0.25) is 0 Å². The fourth-order valence-corrected chi connectivity index (χ4v) is 3.94. The Bertz CT molecular complexity index is 706. The molecule has 0 fully saturated rings. The molecule has 122 valence electrons. The molecule has 23 heavy (non-hydrogen) atoms. The summed E-state index contributed by atoms with van der Waals surface area (Å²) in [5.74, 6) is 3.83. The van der Waals surface area contributed by atoms with Crippen LogP contribution in [-0.2, 0) is 6.54 Å². The maximum Gasteiger partial charge on any atom is 0.163 e. The van der Waals surface area contributed by atoms with Crippen LogP contribution in [0.3, 0.4) is 0 Å². The Balaban J connectivity index is 1.50. The van der Waals surface area contributed by atoms with Crippen molar-refractivity contribution in [3.63, 3.8) is 0 Å². The molecule has 2 N–H and O–H groups in total. The van der Waals surface area contributed by atoms with Crippen molar-refractivity contribution in [1.82, 2.24) is 10.3 Å². The first-order valence-electron chi connectivity index (χ1n) is 7.71. The van der Waals surface area contributed by atoms with E-state index >= 15 is 0 Å². The fourth-order valence-electron chi connectivity index (χ4n) is 2.19. The van der Waals surface area contributed by atoms with Crippen molar-refractivity contribution in [2.75, 3.05) is 24.7 Å². The SMILES string of the molecule is OCCCSCCNCc1ccc(-c2nc3ccccc3s2)o1. The number of fused-ring (bicyclic) bond motifs is 1. The Kier molecular flexibility index (Phi) is 6.10. The Hall–Kier alpha value is -1.34. The maximum atomic E-state index is 8.71. The molecule has 2 aromatic heterocycles. The number of nitrogens with one attached hydrogen (secondary N) is 1. The van der Waals surface area contributed by atoms with Gasteiger partial charge in [-0.1, -0.05) is 12.1 Å². The minimum atomic E-state index is 0.279. The van der Waals surface area contributed by atoms with Gasteiger partial charge in [-0.15, -0.1) is 11.3 Å². The number of hydrogen-bond acceptors (Lipinski definition) is 6. The van der Waals surface area contributed by atoms with E-state index in [0.717, 1.165) is 53.1 Å². The predicted molar refractivity (Wildman–Crippen MR) is 98.1 cm³/mol. The lowest BCUT2D eigenvalue weighted by Crippen LogP contribution is -2.16. The molecule has 0 saturated carbocycles. The first-order valence-corrected chi connectivity index (χ1v) is 9.68. The topological polar surface area (TPSA) is 58.3 Å². The molecule has 4 nitrogen and oxygen atoms in total. The lowest BCUT2D eigenvalue weighted by atomic mass is 10.3. The number of aromatic nitrogens is 1. The van der Waals surface area contributed by atoms with Crippen LogP contribution >= 0.6 is 23.1 Å². The zero-order valence-electron chi connectivity index (χ0n) is 12.8. The number of nitrogens with zero attached hydrogens (tertiary/aromatic N) is 1. The third-order valence-electron chi connectivity index (χ3n) is 3.34. The average Bonchev–Trinajstić information content (AvgIpc) is 3.20. The van der Waals surface area contributed by atoms with Crippen LogP contribution in [0.5, 0.6) is 0 Å². The summed E-state index contributed by atoms with van der Waals surface area (Å²) in [6.07, 6.45) is 0.869. The van der Waals surface area contributed by atoms with Crippen LogP contribution in [0, 0.1) is 0 Å². The van der Waals surface area contributed by atoms with E-state index in [4.69, 9.17) is 9.52 Å². The minimum Gasteiger partial charge on any atom is -0.457 e. The highest BCUT2D eigenvalue weighted by Gasteiger charge is 2.10. The second-order valence-electron chi connectivity index (χ2n) is 5.12. The lowest BCUT2D eigenvalue weighted by Gasteiger charge is -2.02. The molecule has 1 aromatic carbocycles. The van der Waals surface area contributed by atoms with Gasteiger partial charge in [-0.3, -0.25) is 0 Å². The number of furan rings is 1. The molecule has 3 aromatic rings. The molecule has 0 atom stereocenters. The molecule has 0 saturated heterocycles. The van der Waals surface area contributed by atoms with Gasteiger partial charge in [-0.05, 0) is 36.4 Å². The quantitative estimate of drug-likeness (QED) is 0.577. The summed E-state index contributed by atoms with van der Waals surface area (Å²) in [5, 5.41) is 13.0. The second kappa shape index (κ2) is 8.49. The Labute approximate surface area is 143 Å². The van der Waals surface area contributed by atoms with Gasteiger partial charge in [0.25, 0.3) is 0 Å². The van der Waals surface area contributed by atoms with E-state index < -0.39 is 0 Å². The largest absolute Gasteiger partial charge is 0.457 e. The van der Waals surface area contributed by atoms with E-state index in [2.05, 4.69) is 16.4 Å². The number of para-hydroxylation sites is 1. The van der Waals surface area contributed by atoms with E-state index in [-0.39, 0.29) is 6.61 Å². The van der Waals surface area contributed by atoms with Crippen LogP contribution in [0.1, 0.15) is 12.2 Å². The predicted octanol–water partition coefficient (Wildman–Crippen LogP) is 3.76. The third-order valence-corrected chi connectivity index (χ3v) is 5.46. The van der Waals surface area contributed by atoms with Crippen molar-refractivity contribution < 1.29 is 9.52 Å². The summed E-state index contributed by atoms with van der Waals surface area (Å²) >= 11 is 3.51. The van der Waals surface area contributed by atoms with E-state index in [1.54, 1.807) is 11.3 Å². The summed E-state index contributed by atoms with van der Waals surface area (Å²) in [5.41, 5.74) is 1.02. The van der Waals surface area contributed by atoms with Crippen molar-refractivity contribution in [3.05, 3.63) is 42.2 Å². The van der Waals surface area contributed by atoms with Crippen LogP contribution < -0.4 is 5.32 Å². The second-order valence-corrected chi connectivity index (χ2v) is 7.37. The number of thioether (sulfide) groups is 1. The zero-order valence-corrected chi connectivity index (χ0v) is 14.5. The number of benzene rings is 1. The van der Waals surface area contributed by atoms with E-state index in [0.29, 0.717) is 0 Å². The summed E-state index contributed by atoms with van der Waals surface area (Å²) < 4.78 is 7.07. The van der Waals surface area contributed by atoms with Crippen molar-refractivity contribution >= 4 is 33.3 Å². The van der Waals surface area contributed by atoms with Gasteiger partial charge < -0.3 is 14.8 Å². The Morgan fingerprint density at radius 2 is 2.09 bits per heavy atom. The fraction of sp³-hybridized carbons (Fsp3) is 0.353. The molecule has 0 radical (unpaired) electrons. The highest BCUT2D eigenvalue weighted by Crippen LogP contribution is 2.30. The molecule has 0 amide bonds. The molecule has 0 spiro atoms. The average molecular weight is 348 g/mol. The van der Waals surface area contributed by atoms with Gasteiger partial charge >= 0.3 is 0 Å². The summed E-state index contributed by atoms with van der Waals surface area (Å²) in [6, 6.07) is 12.1. The number of aliphatic hydroxyl groups excluding tert-OH is 1. The van der Waals surface area contributed by atoms with E-state index in [9.17, 15) is 0 Å². The lowest BCUT2D eigenvalue weighted by molar-refractivity contribution is 0.296. The highest BCUT2D eigenvalue weighted by atomic mass is 32.2. The third kappa shape index (κ3) is 4.57. The monoisotopic (exact) mass is 348 g/mol. The molecule has 0 aliphatic rings. The Morgan fingerprint density at radius 3 is 2.96 bits per heavy atom. The van der Waals surface area contributed by atoms with Gasteiger partial charge in [0, 0.05) is 18.9 Å². The molecule has 0 bridgehead atoms. The van der Waals surface area contributed by atoms with Gasteiger partial charge in [-0.25, -0.2) is 4.98 Å². The molecule has 0 unspecified atom stereocenters. The molecule has 0 aliphatic carbocycles. The van der Waals surface area contributed by atoms with Gasteiger partial charge in [-0.2, -0.15) is 11.8 Å². The standard InChI is InChI=1S/C17H20N2O2S2/c20-9-3-10-22-11-8-18-12-13-6-7-15(21-13)17-19-14-4-1-2-5-16(14)23-17/h1-2,4-7,18,20H,3,8-12H2. The van der Waals surface area contributed by atoms with Crippen molar-refractivity contribution in [2.45, 2.75) is 13.0 Å². The number of rotatable bonds is 9. The smallest absolute Gasteiger partial charge is 0.163 e. The van der Waals surface area contributed by atoms with Crippen LogP contribution in [0.2, 0.25) is 0 Å². The van der Waals surface area contributed by atoms with Crippen LogP contribution in [-0.4, -0.2) is 34.7 Å². The maximum absolute atomic E-state index is 8.71. The highest BCUT2D eigenvalue weighted by molar-refractivity contribution is 7.99. The first kappa shape index (κ1) is 16.5. The van der Waals surface area contributed by atoms with Crippen LogP contribution in [0.25, 0.3) is 21.0 Å². The number of thiazole rings is 1. The molecule has 2 heterocycles. The summed E-state index contributed by atoms with van der Waals surface area (Å²) in [6.45, 7) is 1.94. The number of hydrogen-bond donors (Lipinski definition) is 2. The minimum absolute atomic E-state index is 0.279. The first-order chi connectivity index (χ1) is 11.4. The molecule has 0 aliphatic heterocycles. The van der Waals surface area contributed by atoms with Gasteiger partial charge in [0.1, 0.15) is 5.76 Å². The molecular weight excluding hydrogens is 328 g/mol. The van der Waals surface area contributed by atoms with Crippen molar-refractivity contribution in [3.8, 4) is 10.8 Å². The normalized spacial score (nSPS) is 11.3. The van der Waals surface area contributed by atoms with Crippen molar-refractivity contribution in [1.29, 1.82) is 0 Å². The van der Waals surface area contributed by atoms with Crippen LogP contribution in [0.4, 0.5) is 0 Å². The summed E-state index contributed by atoms with van der Waals surface area (Å²) in [7, 11) is 0. The van der Waals surface area contributed by atoms with Crippen molar-refractivity contribution in [2.24, 2.45) is 0 Å². The summed E-state index contributed by atoms with van der Waals surface area (Å²) in [4.78, 5) is 4.62. The van der Waals surface area contributed by atoms with Gasteiger partial charge in [0.15, 0.2) is 10.8 Å². The van der Waals surface area contributed by atoms with Gasteiger partial charge in [0.05, 0.1) is 16.8 Å². The van der Waals surface area contributed by atoms with E-state index in [1.807, 2.05) is 42.1 Å². The molecule has 3 rings (SSSR count). The molecule has 6 heteroatoms. The zero-order chi connectivity index (χ0) is 15.9. The number of aliphatic hydroxyl groups is 1. The molecular formula is C17H20N2O2S2.